The first-order chi connectivity index (χ1) is 13.7. The molecule has 0 fully saturated rings. The molecule has 132 valence electrons. The van der Waals surface area contributed by atoms with Crippen molar-refractivity contribution in [3.8, 4) is 0 Å². The van der Waals surface area contributed by atoms with E-state index in [1.54, 1.807) is 6.26 Å². The number of aryl methyl sites for hydroxylation is 2. The van der Waals surface area contributed by atoms with Crippen molar-refractivity contribution in [1.82, 2.24) is 4.40 Å². The molecule has 0 aliphatic carbocycles. The van der Waals surface area contributed by atoms with Crippen LogP contribution in [0.5, 0.6) is 0 Å². The smallest absolute Gasteiger partial charge is 0.224 e. The number of para-hydroxylation sites is 1. The third kappa shape index (κ3) is 1.48. The molecule has 0 amide bonds. The van der Waals surface area contributed by atoms with Gasteiger partial charge in [-0.3, -0.25) is 0 Å². The summed E-state index contributed by atoms with van der Waals surface area (Å²) in [6, 6.07) is 19.8. The molecule has 7 aromatic rings. The normalized spacial score (nSPS) is 12.6. The minimum atomic E-state index is 0.963. The van der Waals surface area contributed by atoms with Crippen LogP contribution in [0.25, 0.3) is 60.0 Å². The molecule has 0 saturated heterocycles. The average Bonchev–Trinajstić information content (AvgIpc) is 3.31. The second-order valence-electron chi connectivity index (χ2n) is 7.80. The molecule has 0 spiro atoms. The van der Waals surface area contributed by atoms with Crippen molar-refractivity contribution >= 4 is 60.0 Å². The fraction of sp³-hybridized carbons (Fsp3) is 0.0800. The number of furan rings is 1. The first-order valence-electron chi connectivity index (χ1n) is 9.60. The zero-order valence-corrected chi connectivity index (χ0v) is 15.7. The van der Waals surface area contributed by atoms with Gasteiger partial charge in [-0.05, 0) is 30.7 Å². The number of hydrogen-bond donors (Lipinski definition) is 0. The predicted octanol–water partition coefficient (Wildman–Crippen LogP) is 5.87. The van der Waals surface area contributed by atoms with E-state index >= 15 is 0 Å². The van der Waals surface area contributed by atoms with Crippen LogP contribution in [-0.2, 0) is 7.05 Å². The Hall–Kier alpha value is -3.59. The van der Waals surface area contributed by atoms with Crippen molar-refractivity contribution in [1.29, 1.82) is 0 Å². The maximum absolute atomic E-state index is 5.89. The molecule has 28 heavy (non-hydrogen) atoms. The Bertz CT molecular complexity index is 1720. The number of pyridine rings is 2. The number of rotatable bonds is 0. The maximum atomic E-state index is 5.89. The minimum absolute atomic E-state index is 0.963. The summed E-state index contributed by atoms with van der Waals surface area (Å²) in [4.78, 5) is 0. The van der Waals surface area contributed by atoms with Crippen molar-refractivity contribution in [3.05, 3.63) is 72.6 Å². The SMILES string of the molecule is Cc1ccc2c3ccccc3n3c4cc5ccoc5c5cc[n+](C)c(c1c23)c54. The number of aromatic nitrogens is 2. The van der Waals surface area contributed by atoms with E-state index in [0.717, 1.165) is 11.0 Å². The van der Waals surface area contributed by atoms with E-state index in [1.807, 2.05) is 0 Å². The van der Waals surface area contributed by atoms with Crippen LogP contribution in [0.1, 0.15) is 5.56 Å². The summed E-state index contributed by atoms with van der Waals surface area (Å²) in [5.41, 5.74) is 7.32. The molecular weight excluding hydrogens is 344 g/mol. The zero-order chi connectivity index (χ0) is 18.6. The predicted molar refractivity (Wildman–Crippen MR) is 114 cm³/mol. The molecule has 0 atom stereocenters. The lowest BCUT2D eigenvalue weighted by atomic mass is 9.99. The summed E-state index contributed by atoms with van der Waals surface area (Å²) in [5.74, 6) is 0. The van der Waals surface area contributed by atoms with Gasteiger partial charge in [0.05, 0.1) is 33.6 Å². The topological polar surface area (TPSA) is 21.4 Å². The highest BCUT2D eigenvalue weighted by Gasteiger charge is 2.25. The summed E-state index contributed by atoms with van der Waals surface area (Å²) in [7, 11) is 2.14. The molecule has 0 bridgehead atoms. The van der Waals surface area contributed by atoms with Crippen LogP contribution in [-0.4, -0.2) is 4.40 Å². The summed E-state index contributed by atoms with van der Waals surface area (Å²) < 4.78 is 10.6. The Labute approximate surface area is 160 Å². The molecule has 0 N–H and O–H groups in total. The van der Waals surface area contributed by atoms with Crippen molar-refractivity contribution in [3.63, 3.8) is 0 Å². The van der Waals surface area contributed by atoms with Crippen LogP contribution in [0, 0.1) is 6.92 Å². The quantitative estimate of drug-likeness (QED) is 0.188. The Morgan fingerprint density at radius 3 is 2.68 bits per heavy atom. The van der Waals surface area contributed by atoms with Gasteiger partial charge in [0.25, 0.3) is 0 Å². The number of hydrogen-bond acceptors (Lipinski definition) is 1. The van der Waals surface area contributed by atoms with Gasteiger partial charge in [-0.2, -0.15) is 0 Å². The molecule has 0 saturated carbocycles. The summed E-state index contributed by atoms with van der Waals surface area (Å²) in [6.45, 7) is 2.21. The Balaban J connectivity index is 2.02. The second kappa shape index (κ2) is 4.63. The third-order valence-electron chi connectivity index (χ3n) is 6.34. The van der Waals surface area contributed by atoms with Crippen molar-refractivity contribution in [2.75, 3.05) is 0 Å². The third-order valence-corrected chi connectivity index (χ3v) is 6.34. The first kappa shape index (κ1) is 14.5. The van der Waals surface area contributed by atoms with Gasteiger partial charge in [-0.25, -0.2) is 4.57 Å². The van der Waals surface area contributed by atoms with Crippen molar-refractivity contribution < 1.29 is 8.98 Å². The van der Waals surface area contributed by atoms with E-state index in [4.69, 9.17) is 4.42 Å². The first-order valence-corrected chi connectivity index (χ1v) is 9.60. The van der Waals surface area contributed by atoms with Gasteiger partial charge in [0, 0.05) is 27.6 Å². The van der Waals surface area contributed by atoms with E-state index in [-0.39, 0.29) is 0 Å². The zero-order valence-electron chi connectivity index (χ0n) is 15.7. The fourth-order valence-corrected chi connectivity index (χ4v) is 5.15. The largest absolute Gasteiger partial charge is 0.464 e. The number of nitrogens with zero attached hydrogens (tertiary/aromatic N) is 2. The Kier molecular flexibility index (Phi) is 2.39. The van der Waals surface area contributed by atoms with Crippen molar-refractivity contribution in [2.24, 2.45) is 7.05 Å². The van der Waals surface area contributed by atoms with Gasteiger partial charge >= 0.3 is 0 Å². The second-order valence-corrected chi connectivity index (χ2v) is 7.80. The van der Waals surface area contributed by atoms with E-state index in [9.17, 15) is 0 Å². The van der Waals surface area contributed by atoms with Crippen LogP contribution < -0.4 is 4.57 Å². The lowest BCUT2D eigenvalue weighted by Crippen LogP contribution is -2.28. The van der Waals surface area contributed by atoms with Crippen LogP contribution in [0.4, 0.5) is 0 Å². The highest BCUT2D eigenvalue weighted by molar-refractivity contribution is 6.28. The molecule has 4 aromatic heterocycles. The van der Waals surface area contributed by atoms with E-state index in [1.165, 1.54) is 54.6 Å². The molecule has 3 nitrogen and oxygen atoms in total. The molecule has 4 heterocycles. The fourth-order valence-electron chi connectivity index (χ4n) is 5.15. The van der Waals surface area contributed by atoms with Gasteiger partial charge in [-0.1, -0.05) is 30.3 Å². The summed E-state index contributed by atoms with van der Waals surface area (Å²) in [5, 5.41) is 7.51. The van der Waals surface area contributed by atoms with E-state index < -0.39 is 0 Å². The van der Waals surface area contributed by atoms with E-state index in [2.05, 4.69) is 83.7 Å². The number of benzene rings is 3. The van der Waals surface area contributed by atoms with Gasteiger partial charge in [-0.15, -0.1) is 0 Å². The molecule has 0 aliphatic rings. The average molecular weight is 361 g/mol. The van der Waals surface area contributed by atoms with Crippen LogP contribution in [0.3, 0.4) is 0 Å². The molecule has 7 rings (SSSR count). The lowest BCUT2D eigenvalue weighted by molar-refractivity contribution is -0.643. The highest BCUT2D eigenvalue weighted by atomic mass is 16.3. The van der Waals surface area contributed by atoms with Crippen LogP contribution in [0.15, 0.2) is 71.5 Å². The van der Waals surface area contributed by atoms with Crippen LogP contribution >= 0.6 is 0 Å². The minimum Gasteiger partial charge on any atom is -0.464 e. The molecule has 0 unspecified atom stereocenters. The van der Waals surface area contributed by atoms with Gasteiger partial charge in [0.2, 0.25) is 5.52 Å². The van der Waals surface area contributed by atoms with Crippen LogP contribution in [0.2, 0.25) is 0 Å². The molecular formula is C25H17N2O+. The lowest BCUT2D eigenvalue weighted by Gasteiger charge is -2.13. The summed E-state index contributed by atoms with van der Waals surface area (Å²) >= 11 is 0. The van der Waals surface area contributed by atoms with E-state index in [0.29, 0.717) is 0 Å². The Morgan fingerprint density at radius 1 is 0.857 bits per heavy atom. The molecule has 3 aromatic carbocycles. The van der Waals surface area contributed by atoms with Gasteiger partial charge in [0.15, 0.2) is 6.20 Å². The standard InChI is InChI=1S/C25H17N2O/c1-14-7-8-17-16-5-3-4-6-19(16)27-20-13-15-10-12-28-25(15)18-9-11-26(2)24(22(18)20)21(14)23(17)27/h3-13H,1-2H3/q+1. The number of fused-ring (bicyclic) bond motifs is 7. The Morgan fingerprint density at radius 2 is 1.75 bits per heavy atom. The maximum Gasteiger partial charge on any atom is 0.224 e. The molecule has 0 radical (unpaired) electrons. The monoisotopic (exact) mass is 361 g/mol. The van der Waals surface area contributed by atoms with Gasteiger partial charge in [0.1, 0.15) is 12.6 Å². The summed E-state index contributed by atoms with van der Waals surface area (Å²) in [6.07, 6.45) is 3.94. The van der Waals surface area contributed by atoms with Crippen molar-refractivity contribution in [2.45, 2.75) is 6.92 Å². The highest BCUT2D eigenvalue weighted by Crippen LogP contribution is 2.42. The molecule has 0 aliphatic heterocycles. The van der Waals surface area contributed by atoms with Gasteiger partial charge < -0.3 is 8.82 Å². The molecule has 3 heteroatoms.